The highest BCUT2D eigenvalue weighted by Gasteiger charge is 2.34. The Labute approximate surface area is 191 Å². The van der Waals surface area contributed by atoms with Crippen LogP contribution in [0.25, 0.3) is 16.2 Å². The van der Waals surface area contributed by atoms with Crippen molar-refractivity contribution in [3.8, 4) is 0 Å². The van der Waals surface area contributed by atoms with Gasteiger partial charge in [-0.1, -0.05) is 53.5 Å². The molecule has 3 nitrogen and oxygen atoms in total. The number of fused-ring (bicyclic) bond motifs is 1. The zero-order chi connectivity index (χ0) is 21.5. The molecule has 5 rings (SSSR count). The van der Waals surface area contributed by atoms with Crippen molar-refractivity contribution in [1.29, 1.82) is 0 Å². The van der Waals surface area contributed by atoms with Crippen LogP contribution in [0.4, 0.5) is 10.1 Å². The second-order valence-corrected chi connectivity index (χ2v) is 8.74. The van der Waals surface area contributed by atoms with Gasteiger partial charge in [0.2, 0.25) is 0 Å². The molecular formula is C24H13Cl2FN2OS. The Morgan fingerprint density at radius 3 is 2.35 bits per heavy atom. The Morgan fingerprint density at radius 2 is 1.65 bits per heavy atom. The number of carbonyl (C=O) groups excluding carboxylic acids is 1. The van der Waals surface area contributed by atoms with Crippen LogP contribution in [0, 0.1) is 5.82 Å². The van der Waals surface area contributed by atoms with Gasteiger partial charge in [-0.3, -0.25) is 9.69 Å². The molecule has 0 fully saturated rings. The number of nitrogens with zero attached hydrogens (tertiary/aromatic N) is 2. The molecule has 7 heteroatoms. The van der Waals surface area contributed by atoms with Crippen LogP contribution in [0.3, 0.4) is 0 Å². The minimum Gasteiger partial charge on any atom is -0.266 e. The summed E-state index contributed by atoms with van der Waals surface area (Å²) in [7, 11) is 0. The van der Waals surface area contributed by atoms with Gasteiger partial charge in [0.1, 0.15) is 11.5 Å². The molecule has 0 saturated heterocycles. The summed E-state index contributed by atoms with van der Waals surface area (Å²) in [5.74, 6) is -0.279. The van der Waals surface area contributed by atoms with E-state index < -0.39 is 0 Å². The largest absolute Gasteiger partial charge is 0.282 e. The van der Waals surface area contributed by atoms with E-state index >= 15 is 0 Å². The number of amides is 1. The van der Waals surface area contributed by atoms with Crippen molar-refractivity contribution in [2.24, 2.45) is 4.99 Å². The molecule has 2 heterocycles. The number of aliphatic imine (C=N–C) groups is 1. The van der Waals surface area contributed by atoms with Crippen LogP contribution < -0.4 is 4.90 Å². The lowest BCUT2D eigenvalue weighted by atomic mass is 10.2. The van der Waals surface area contributed by atoms with Crippen molar-refractivity contribution >= 4 is 68.1 Å². The van der Waals surface area contributed by atoms with Crippen LogP contribution in [-0.4, -0.2) is 11.7 Å². The van der Waals surface area contributed by atoms with Gasteiger partial charge in [0.25, 0.3) is 5.91 Å². The minimum absolute atomic E-state index is 0.259. The molecular weight excluding hydrogens is 454 g/mol. The van der Waals surface area contributed by atoms with Crippen molar-refractivity contribution in [2.45, 2.75) is 0 Å². The summed E-state index contributed by atoms with van der Waals surface area (Å²) in [6.07, 6.45) is 1.70. The highest BCUT2D eigenvalue weighted by molar-refractivity contribution is 7.21. The predicted molar refractivity (Wildman–Crippen MR) is 127 cm³/mol. The van der Waals surface area contributed by atoms with Crippen LogP contribution in [0.2, 0.25) is 10.0 Å². The molecule has 1 amide bonds. The summed E-state index contributed by atoms with van der Waals surface area (Å²) in [6.45, 7) is 0. The van der Waals surface area contributed by atoms with E-state index in [1.807, 2.05) is 36.4 Å². The third kappa shape index (κ3) is 3.65. The zero-order valence-corrected chi connectivity index (χ0v) is 18.2. The zero-order valence-electron chi connectivity index (χ0n) is 15.9. The molecule has 0 atom stereocenters. The molecule has 152 valence electrons. The van der Waals surface area contributed by atoms with Gasteiger partial charge in [0, 0.05) is 15.1 Å². The summed E-state index contributed by atoms with van der Waals surface area (Å²) in [4.78, 5) is 20.2. The minimum atomic E-state index is -0.384. The maximum absolute atomic E-state index is 13.5. The van der Waals surface area contributed by atoms with Gasteiger partial charge in [-0.05, 0) is 54.1 Å². The van der Waals surface area contributed by atoms with Crippen LogP contribution in [-0.2, 0) is 4.79 Å². The Kier molecular flexibility index (Phi) is 5.10. The molecule has 0 unspecified atom stereocenters. The number of benzene rings is 3. The standard InChI is InChI=1S/C24H13Cl2FN2OS/c25-15-7-5-14(6-8-15)13-19-24(30)29(17-11-9-16(27)10-12-17)23(28-19)22-21(26)18-3-1-2-4-20(18)31-22/h1-13H/b19-13+. The first-order valence-corrected chi connectivity index (χ1v) is 10.9. The molecule has 1 aromatic heterocycles. The lowest BCUT2D eigenvalue weighted by Crippen LogP contribution is -2.32. The highest BCUT2D eigenvalue weighted by Crippen LogP contribution is 2.39. The molecule has 1 aliphatic heterocycles. The van der Waals surface area contributed by atoms with Crippen molar-refractivity contribution in [3.63, 3.8) is 0 Å². The van der Waals surface area contributed by atoms with Gasteiger partial charge in [-0.25, -0.2) is 9.38 Å². The van der Waals surface area contributed by atoms with Crippen molar-refractivity contribution in [3.05, 3.63) is 105 Å². The monoisotopic (exact) mass is 466 g/mol. The van der Waals surface area contributed by atoms with E-state index in [1.165, 1.54) is 28.4 Å². The molecule has 4 aromatic rings. The van der Waals surface area contributed by atoms with Crippen LogP contribution in [0.15, 0.2) is 83.5 Å². The summed E-state index contributed by atoms with van der Waals surface area (Å²) in [5, 5.41) is 2.04. The summed E-state index contributed by atoms with van der Waals surface area (Å²) in [5.41, 5.74) is 1.56. The number of hydrogen-bond acceptors (Lipinski definition) is 3. The third-order valence-electron chi connectivity index (χ3n) is 4.86. The number of rotatable bonds is 3. The number of amidine groups is 1. The lowest BCUT2D eigenvalue weighted by Gasteiger charge is -2.17. The van der Waals surface area contributed by atoms with Gasteiger partial charge in [-0.2, -0.15) is 0 Å². The summed E-state index contributed by atoms with van der Waals surface area (Å²) < 4.78 is 14.5. The van der Waals surface area contributed by atoms with Crippen LogP contribution in [0.5, 0.6) is 0 Å². The fourth-order valence-corrected chi connectivity index (χ4v) is 4.99. The molecule has 0 aliphatic carbocycles. The Morgan fingerprint density at radius 1 is 0.935 bits per heavy atom. The summed E-state index contributed by atoms with van der Waals surface area (Å²) in [6, 6.07) is 20.6. The molecule has 3 aromatic carbocycles. The van der Waals surface area contributed by atoms with Crippen molar-refractivity contribution < 1.29 is 9.18 Å². The van der Waals surface area contributed by atoms with E-state index in [-0.39, 0.29) is 17.4 Å². The van der Waals surface area contributed by atoms with Gasteiger partial charge >= 0.3 is 0 Å². The summed E-state index contributed by atoms with van der Waals surface area (Å²) >= 11 is 14.1. The van der Waals surface area contributed by atoms with Crippen LogP contribution in [0.1, 0.15) is 10.4 Å². The molecule has 0 N–H and O–H groups in total. The Balaban J connectivity index is 1.68. The third-order valence-corrected chi connectivity index (χ3v) is 6.78. The molecule has 0 bridgehead atoms. The topological polar surface area (TPSA) is 32.7 Å². The van der Waals surface area contributed by atoms with Gasteiger partial charge in [-0.15, -0.1) is 11.3 Å². The van der Waals surface area contributed by atoms with Crippen molar-refractivity contribution in [2.75, 3.05) is 4.90 Å². The molecule has 31 heavy (non-hydrogen) atoms. The fourth-order valence-electron chi connectivity index (χ4n) is 3.37. The maximum Gasteiger partial charge on any atom is 0.282 e. The van der Waals surface area contributed by atoms with Gasteiger partial charge in [0.05, 0.1) is 15.6 Å². The van der Waals surface area contributed by atoms with E-state index in [2.05, 4.69) is 4.99 Å². The number of halogens is 3. The Hall–Kier alpha value is -2.99. The first kappa shape index (κ1) is 19.9. The second-order valence-electron chi connectivity index (χ2n) is 6.87. The average Bonchev–Trinajstić information content (AvgIpc) is 3.28. The first-order chi connectivity index (χ1) is 15.0. The quantitative estimate of drug-likeness (QED) is 0.294. The predicted octanol–water partition coefficient (Wildman–Crippen LogP) is 7.18. The second kappa shape index (κ2) is 7.93. The Bertz CT molecular complexity index is 1380. The maximum atomic E-state index is 13.5. The average molecular weight is 467 g/mol. The number of thiophene rings is 1. The lowest BCUT2D eigenvalue weighted by molar-refractivity contribution is -0.113. The SMILES string of the molecule is O=C1/C(=C\c2ccc(Cl)cc2)N=C(c2sc3ccccc3c2Cl)N1c1ccc(F)cc1. The van der Waals surface area contributed by atoms with E-state index in [9.17, 15) is 9.18 Å². The first-order valence-electron chi connectivity index (χ1n) is 9.34. The molecule has 0 saturated carbocycles. The van der Waals surface area contributed by atoms with Gasteiger partial charge < -0.3 is 0 Å². The number of carbonyl (C=O) groups is 1. The van der Waals surface area contributed by atoms with E-state index in [0.29, 0.717) is 26.4 Å². The normalized spacial score (nSPS) is 15.2. The van der Waals surface area contributed by atoms with E-state index in [0.717, 1.165) is 15.6 Å². The highest BCUT2D eigenvalue weighted by atomic mass is 35.5. The number of anilines is 1. The van der Waals surface area contributed by atoms with E-state index in [1.54, 1.807) is 30.3 Å². The van der Waals surface area contributed by atoms with Crippen LogP contribution >= 0.6 is 34.5 Å². The van der Waals surface area contributed by atoms with Gasteiger partial charge in [0.15, 0.2) is 5.84 Å². The molecule has 1 aliphatic rings. The smallest absolute Gasteiger partial charge is 0.266 e. The molecule has 0 radical (unpaired) electrons. The molecule has 0 spiro atoms. The number of hydrogen-bond donors (Lipinski definition) is 0. The fraction of sp³-hybridized carbons (Fsp3) is 0. The van der Waals surface area contributed by atoms with E-state index in [4.69, 9.17) is 23.2 Å². The van der Waals surface area contributed by atoms with Crippen molar-refractivity contribution in [1.82, 2.24) is 0 Å².